The molecule has 0 aliphatic rings. The second kappa shape index (κ2) is 5.31. The average molecular weight is 354 g/mol. The molecule has 0 spiro atoms. The van der Waals surface area contributed by atoms with E-state index >= 15 is 0 Å². The largest absolute Gasteiger partial charge is 0.456 e. The molecule has 1 aromatic heterocycles. The molecule has 0 amide bonds. The van der Waals surface area contributed by atoms with E-state index in [2.05, 4.69) is 9.44 Å². The normalized spacial score (nSPS) is 13.0. The summed E-state index contributed by atoms with van der Waals surface area (Å²) in [6.07, 6.45) is 0. The van der Waals surface area contributed by atoms with Crippen LogP contribution in [0.25, 0.3) is 21.9 Å². The van der Waals surface area contributed by atoms with Crippen LogP contribution in [-0.4, -0.2) is 30.9 Å². The second-order valence-electron chi connectivity index (χ2n) is 4.78. The van der Waals surface area contributed by atoms with Crippen molar-refractivity contribution in [3.8, 4) is 0 Å². The molecule has 122 valence electrons. The molecule has 0 radical (unpaired) electrons. The van der Waals surface area contributed by atoms with Crippen molar-refractivity contribution in [2.75, 3.05) is 14.1 Å². The molecule has 0 aliphatic heterocycles. The van der Waals surface area contributed by atoms with Gasteiger partial charge in [0.2, 0.25) is 20.0 Å². The van der Waals surface area contributed by atoms with Gasteiger partial charge in [-0.2, -0.15) is 0 Å². The van der Waals surface area contributed by atoms with Crippen LogP contribution in [0.5, 0.6) is 0 Å². The van der Waals surface area contributed by atoms with E-state index in [1.54, 1.807) is 24.3 Å². The molecule has 2 aromatic carbocycles. The molecule has 0 atom stereocenters. The third-order valence-corrected chi connectivity index (χ3v) is 6.64. The highest BCUT2D eigenvalue weighted by atomic mass is 32.2. The highest BCUT2D eigenvalue weighted by Gasteiger charge is 2.29. The highest BCUT2D eigenvalue weighted by Crippen LogP contribution is 2.36. The molecule has 0 fully saturated rings. The van der Waals surface area contributed by atoms with Gasteiger partial charge in [-0.25, -0.2) is 26.3 Å². The Morgan fingerprint density at radius 1 is 0.826 bits per heavy atom. The lowest BCUT2D eigenvalue weighted by atomic mass is 10.1. The van der Waals surface area contributed by atoms with Gasteiger partial charge < -0.3 is 4.42 Å². The summed E-state index contributed by atoms with van der Waals surface area (Å²) in [4.78, 5) is -0.648. The quantitative estimate of drug-likeness (QED) is 0.737. The van der Waals surface area contributed by atoms with E-state index in [1.807, 2.05) is 0 Å². The van der Waals surface area contributed by atoms with Crippen molar-refractivity contribution in [3.63, 3.8) is 0 Å². The first-order valence-corrected chi connectivity index (χ1v) is 9.60. The van der Waals surface area contributed by atoms with Crippen molar-refractivity contribution in [1.82, 2.24) is 9.44 Å². The Balaban J connectivity index is 2.62. The van der Waals surface area contributed by atoms with Gasteiger partial charge in [0.05, 0.1) is 0 Å². The van der Waals surface area contributed by atoms with Gasteiger partial charge in [-0.1, -0.05) is 18.2 Å². The molecule has 9 heteroatoms. The lowest BCUT2D eigenvalue weighted by Gasteiger charge is -2.11. The molecule has 0 unspecified atom stereocenters. The van der Waals surface area contributed by atoms with Crippen molar-refractivity contribution in [1.29, 1.82) is 0 Å². The maximum Gasteiger partial charge on any atom is 0.242 e. The van der Waals surface area contributed by atoms with E-state index in [4.69, 9.17) is 4.42 Å². The third kappa shape index (κ3) is 2.41. The number of hydrogen-bond donors (Lipinski definition) is 2. The summed E-state index contributed by atoms with van der Waals surface area (Å²) in [5.41, 5.74) is 0.782. The van der Waals surface area contributed by atoms with Gasteiger partial charge in [-0.05, 0) is 32.3 Å². The summed E-state index contributed by atoms with van der Waals surface area (Å²) in [7, 11) is -5.56. The minimum atomic E-state index is -4.04. The minimum Gasteiger partial charge on any atom is -0.456 e. The molecule has 3 aromatic rings. The van der Waals surface area contributed by atoms with Crippen LogP contribution in [0, 0.1) is 0 Å². The topological polar surface area (TPSA) is 105 Å². The lowest BCUT2D eigenvalue weighted by Crippen LogP contribution is -2.25. The summed E-state index contributed by atoms with van der Waals surface area (Å²) < 4.78 is 59.4. The van der Waals surface area contributed by atoms with Gasteiger partial charge in [-0.3, -0.25) is 0 Å². The Morgan fingerprint density at radius 3 is 2.13 bits per heavy atom. The molecule has 0 saturated heterocycles. The molecule has 0 bridgehead atoms. The summed E-state index contributed by atoms with van der Waals surface area (Å²) in [5.74, 6) is 0. The second-order valence-corrected chi connectivity index (χ2v) is 8.46. The molecule has 2 N–H and O–H groups in total. The molecule has 23 heavy (non-hydrogen) atoms. The van der Waals surface area contributed by atoms with E-state index in [-0.39, 0.29) is 15.2 Å². The van der Waals surface area contributed by atoms with Crippen LogP contribution in [0.1, 0.15) is 0 Å². The van der Waals surface area contributed by atoms with E-state index in [9.17, 15) is 16.8 Å². The van der Waals surface area contributed by atoms with Crippen LogP contribution in [-0.2, 0) is 20.0 Å². The predicted octanol–water partition coefficient (Wildman–Crippen LogP) is 1.40. The molecular formula is C14H14N2O5S2. The smallest absolute Gasteiger partial charge is 0.242 e. The summed E-state index contributed by atoms with van der Waals surface area (Å²) in [5, 5.41) is 0.774. The maximum absolute atomic E-state index is 12.5. The zero-order chi connectivity index (χ0) is 16.8. The Hall–Kier alpha value is -1.94. The summed E-state index contributed by atoms with van der Waals surface area (Å²) >= 11 is 0. The Bertz CT molecular complexity index is 1110. The zero-order valence-corrected chi connectivity index (χ0v) is 14.0. The van der Waals surface area contributed by atoms with Crippen molar-refractivity contribution in [3.05, 3.63) is 36.4 Å². The van der Waals surface area contributed by atoms with Gasteiger partial charge in [0, 0.05) is 10.8 Å². The first kappa shape index (κ1) is 15.9. The molecular weight excluding hydrogens is 340 g/mol. The Morgan fingerprint density at radius 2 is 1.48 bits per heavy atom. The number of hydrogen-bond acceptors (Lipinski definition) is 5. The van der Waals surface area contributed by atoms with Crippen molar-refractivity contribution in [2.45, 2.75) is 9.79 Å². The minimum absolute atomic E-state index is 0.242. The van der Waals surface area contributed by atoms with E-state index in [0.717, 1.165) is 0 Å². The standard InChI is InChI=1S/C14H14N2O5S2/c1-15-22(17,18)12-8-7-11-13(14(12)23(19,20)16-2)9-5-3-4-6-10(9)21-11/h3-8,15-16H,1-2H3. The van der Waals surface area contributed by atoms with E-state index in [1.165, 1.54) is 26.2 Å². The fraction of sp³-hybridized carbons (Fsp3) is 0.143. The SMILES string of the molecule is CNS(=O)(=O)c1ccc2oc3ccccc3c2c1S(=O)(=O)NC. The van der Waals surface area contributed by atoms with Crippen LogP contribution >= 0.6 is 0 Å². The van der Waals surface area contributed by atoms with Gasteiger partial charge in [0.15, 0.2) is 0 Å². The monoisotopic (exact) mass is 354 g/mol. The number of furan rings is 1. The van der Waals surface area contributed by atoms with Gasteiger partial charge in [0.1, 0.15) is 21.0 Å². The van der Waals surface area contributed by atoms with Crippen LogP contribution in [0.15, 0.2) is 50.6 Å². The van der Waals surface area contributed by atoms with Crippen molar-refractivity contribution in [2.24, 2.45) is 0 Å². The molecule has 1 heterocycles. The predicted molar refractivity (Wildman–Crippen MR) is 86.2 cm³/mol. The Labute approximate surface area is 133 Å². The van der Waals surface area contributed by atoms with Crippen LogP contribution in [0.4, 0.5) is 0 Å². The molecule has 7 nitrogen and oxygen atoms in total. The molecule has 0 saturated carbocycles. The Kier molecular flexibility index (Phi) is 3.68. The molecule has 0 aliphatic carbocycles. The lowest BCUT2D eigenvalue weighted by molar-refractivity contribution is 0.575. The number of fused-ring (bicyclic) bond motifs is 3. The van der Waals surface area contributed by atoms with Crippen LogP contribution in [0.2, 0.25) is 0 Å². The van der Waals surface area contributed by atoms with E-state index < -0.39 is 20.0 Å². The van der Waals surface area contributed by atoms with Gasteiger partial charge in [0.25, 0.3) is 0 Å². The maximum atomic E-state index is 12.5. The number of benzene rings is 2. The van der Waals surface area contributed by atoms with Crippen molar-refractivity contribution < 1.29 is 21.3 Å². The zero-order valence-electron chi connectivity index (χ0n) is 12.3. The average Bonchev–Trinajstić information content (AvgIpc) is 2.92. The molecule has 3 rings (SSSR count). The summed E-state index contributed by atoms with van der Waals surface area (Å²) in [6.45, 7) is 0. The van der Waals surface area contributed by atoms with Gasteiger partial charge >= 0.3 is 0 Å². The highest BCUT2D eigenvalue weighted by molar-refractivity contribution is 7.92. The first-order chi connectivity index (χ1) is 10.8. The number of para-hydroxylation sites is 1. The van der Waals surface area contributed by atoms with Crippen LogP contribution < -0.4 is 9.44 Å². The van der Waals surface area contributed by atoms with Crippen LogP contribution in [0.3, 0.4) is 0 Å². The number of rotatable bonds is 4. The number of nitrogens with one attached hydrogen (secondary N) is 2. The van der Waals surface area contributed by atoms with Gasteiger partial charge in [-0.15, -0.1) is 0 Å². The number of sulfonamides is 2. The van der Waals surface area contributed by atoms with Crippen molar-refractivity contribution >= 4 is 42.0 Å². The fourth-order valence-electron chi connectivity index (χ4n) is 2.46. The summed E-state index contributed by atoms with van der Waals surface area (Å²) in [6, 6.07) is 9.53. The van der Waals surface area contributed by atoms with E-state index in [0.29, 0.717) is 16.6 Å². The first-order valence-electron chi connectivity index (χ1n) is 6.63. The third-order valence-electron chi connectivity index (χ3n) is 3.56. The fourth-order valence-corrected chi connectivity index (χ4v) is 4.94.